The van der Waals surface area contributed by atoms with Crippen LogP contribution in [0.2, 0.25) is 5.02 Å². The first-order valence-electron chi connectivity index (χ1n) is 6.63. The minimum absolute atomic E-state index is 0.0603. The quantitative estimate of drug-likeness (QED) is 0.751. The van der Waals surface area contributed by atoms with Crippen LogP contribution in [0, 0.1) is 0 Å². The molecule has 0 saturated carbocycles. The Morgan fingerprint density at radius 1 is 1.26 bits per heavy atom. The molecule has 0 aromatic heterocycles. The summed E-state index contributed by atoms with van der Waals surface area (Å²) in [5, 5.41) is 12.5. The molecular weight excluding hydrogens is 386 g/mol. The zero-order valence-electron chi connectivity index (χ0n) is 12.5. The number of anilines is 1. The van der Waals surface area contributed by atoms with E-state index in [1.807, 2.05) is 12.1 Å². The molecule has 0 heterocycles. The standard InChI is InChI=1S/C16H15BrClNO4/c1-22-14-6-9(5-12(17)15(14)23-2)8-19-10-3-4-13(18)11(7-10)16(20)21/h3-7,19H,8H2,1-2H3,(H,20,21). The van der Waals surface area contributed by atoms with Gasteiger partial charge in [0.05, 0.1) is 29.3 Å². The monoisotopic (exact) mass is 399 g/mol. The van der Waals surface area contributed by atoms with Crippen molar-refractivity contribution in [2.75, 3.05) is 19.5 Å². The summed E-state index contributed by atoms with van der Waals surface area (Å²) in [6.07, 6.45) is 0. The number of hydrogen-bond acceptors (Lipinski definition) is 4. The lowest BCUT2D eigenvalue weighted by Crippen LogP contribution is -2.03. The third-order valence-corrected chi connectivity index (χ3v) is 4.11. The van der Waals surface area contributed by atoms with E-state index in [9.17, 15) is 4.79 Å². The fourth-order valence-electron chi connectivity index (χ4n) is 2.08. The molecule has 0 aliphatic carbocycles. The molecule has 0 radical (unpaired) electrons. The van der Waals surface area contributed by atoms with Crippen LogP contribution in [0.3, 0.4) is 0 Å². The van der Waals surface area contributed by atoms with Crippen molar-refractivity contribution in [3.8, 4) is 11.5 Å². The van der Waals surface area contributed by atoms with E-state index in [0.29, 0.717) is 23.7 Å². The lowest BCUT2D eigenvalue weighted by molar-refractivity contribution is 0.0697. The largest absolute Gasteiger partial charge is 0.493 e. The number of hydrogen-bond donors (Lipinski definition) is 2. The Balaban J connectivity index is 2.20. The van der Waals surface area contributed by atoms with Gasteiger partial charge in [-0.3, -0.25) is 0 Å². The van der Waals surface area contributed by atoms with Crippen molar-refractivity contribution in [3.63, 3.8) is 0 Å². The first kappa shape index (κ1) is 17.4. The van der Waals surface area contributed by atoms with E-state index in [2.05, 4.69) is 21.2 Å². The van der Waals surface area contributed by atoms with E-state index < -0.39 is 5.97 Å². The van der Waals surface area contributed by atoms with Gasteiger partial charge in [-0.2, -0.15) is 0 Å². The highest BCUT2D eigenvalue weighted by Crippen LogP contribution is 2.36. The van der Waals surface area contributed by atoms with Crippen LogP contribution in [-0.2, 0) is 6.54 Å². The normalized spacial score (nSPS) is 10.3. The zero-order chi connectivity index (χ0) is 17.0. The van der Waals surface area contributed by atoms with Gasteiger partial charge in [0.2, 0.25) is 0 Å². The van der Waals surface area contributed by atoms with Crippen LogP contribution in [0.15, 0.2) is 34.8 Å². The Morgan fingerprint density at radius 3 is 2.61 bits per heavy atom. The SMILES string of the molecule is COc1cc(CNc2ccc(Cl)c(C(=O)O)c2)cc(Br)c1OC. The molecule has 2 N–H and O–H groups in total. The molecule has 2 aromatic carbocycles. The second-order valence-corrected chi connectivity index (χ2v) is 5.93. The second-order valence-electron chi connectivity index (χ2n) is 4.67. The number of nitrogens with one attached hydrogen (secondary N) is 1. The summed E-state index contributed by atoms with van der Waals surface area (Å²) in [7, 11) is 3.14. The lowest BCUT2D eigenvalue weighted by Gasteiger charge is -2.13. The van der Waals surface area contributed by atoms with Crippen LogP contribution < -0.4 is 14.8 Å². The maximum atomic E-state index is 11.1. The first-order chi connectivity index (χ1) is 11.0. The van der Waals surface area contributed by atoms with Gasteiger partial charge in [-0.05, 0) is 51.8 Å². The fraction of sp³-hybridized carbons (Fsp3) is 0.188. The maximum absolute atomic E-state index is 11.1. The summed E-state index contributed by atoms with van der Waals surface area (Å²) in [5.74, 6) is 0.171. The van der Waals surface area contributed by atoms with Gasteiger partial charge in [0.25, 0.3) is 0 Å². The van der Waals surface area contributed by atoms with E-state index >= 15 is 0 Å². The molecule has 0 spiro atoms. The minimum atomic E-state index is -1.06. The number of aromatic carboxylic acids is 1. The van der Waals surface area contributed by atoms with Crippen molar-refractivity contribution in [1.82, 2.24) is 0 Å². The fourth-order valence-corrected chi connectivity index (χ4v) is 2.93. The van der Waals surface area contributed by atoms with Crippen molar-refractivity contribution < 1.29 is 19.4 Å². The summed E-state index contributed by atoms with van der Waals surface area (Å²) in [4.78, 5) is 11.1. The van der Waals surface area contributed by atoms with E-state index in [0.717, 1.165) is 10.0 Å². The average Bonchev–Trinajstić information content (AvgIpc) is 2.53. The Hall–Kier alpha value is -1.92. The van der Waals surface area contributed by atoms with Gasteiger partial charge in [0.1, 0.15) is 0 Å². The van der Waals surface area contributed by atoms with Gasteiger partial charge in [-0.1, -0.05) is 11.6 Å². The van der Waals surface area contributed by atoms with Crippen LogP contribution >= 0.6 is 27.5 Å². The molecule has 23 heavy (non-hydrogen) atoms. The molecule has 0 amide bonds. The number of halogens is 2. The van der Waals surface area contributed by atoms with Crippen LogP contribution in [0.25, 0.3) is 0 Å². The maximum Gasteiger partial charge on any atom is 0.337 e. The Bertz CT molecular complexity index is 736. The van der Waals surface area contributed by atoms with E-state index in [1.54, 1.807) is 26.4 Å². The summed E-state index contributed by atoms with van der Waals surface area (Å²) in [5.41, 5.74) is 1.67. The Morgan fingerprint density at radius 2 is 2.00 bits per heavy atom. The molecule has 122 valence electrons. The van der Waals surface area contributed by atoms with Gasteiger partial charge in [0.15, 0.2) is 11.5 Å². The number of carboxylic acids is 1. The van der Waals surface area contributed by atoms with E-state index in [-0.39, 0.29) is 10.6 Å². The number of carbonyl (C=O) groups is 1. The molecule has 0 unspecified atom stereocenters. The number of rotatable bonds is 6. The smallest absolute Gasteiger partial charge is 0.337 e. The number of benzene rings is 2. The van der Waals surface area contributed by atoms with Crippen LogP contribution in [0.4, 0.5) is 5.69 Å². The predicted molar refractivity (Wildman–Crippen MR) is 93.0 cm³/mol. The molecule has 0 fully saturated rings. The molecule has 0 atom stereocenters. The highest BCUT2D eigenvalue weighted by atomic mass is 79.9. The highest BCUT2D eigenvalue weighted by Gasteiger charge is 2.12. The van der Waals surface area contributed by atoms with E-state index in [4.69, 9.17) is 26.2 Å². The molecule has 7 heteroatoms. The van der Waals surface area contributed by atoms with Crippen molar-refractivity contribution in [2.24, 2.45) is 0 Å². The molecule has 0 bridgehead atoms. The van der Waals surface area contributed by atoms with Crippen LogP contribution in [0.5, 0.6) is 11.5 Å². The highest BCUT2D eigenvalue weighted by molar-refractivity contribution is 9.10. The van der Waals surface area contributed by atoms with Crippen LogP contribution in [0.1, 0.15) is 15.9 Å². The average molecular weight is 401 g/mol. The third-order valence-electron chi connectivity index (χ3n) is 3.19. The predicted octanol–water partition coefficient (Wildman–Crippen LogP) is 4.43. The number of methoxy groups -OCH3 is 2. The van der Waals surface area contributed by atoms with Gasteiger partial charge in [0, 0.05) is 12.2 Å². The van der Waals surface area contributed by atoms with Gasteiger partial charge < -0.3 is 19.9 Å². The third kappa shape index (κ3) is 4.09. The molecule has 0 aliphatic heterocycles. The van der Waals surface area contributed by atoms with Gasteiger partial charge in [-0.15, -0.1) is 0 Å². The van der Waals surface area contributed by atoms with Crippen molar-refractivity contribution in [3.05, 3.63) is 51.0 Å². The second kappa shape index (κ2) is 7.57. The topological polar surface area (TPSA) is 67.8 Å². The Kier molecular flexibility index (Phi) is 5.74. The zero-order valence-corrected chi connectivity index (χ0v) is 14.9. The molecule has 5 nitrogen and oxygen atoms in total. The van der Waals surface area contributed by atoms with Gasteiger partial charge >= 0.3 is 5.97 Å². The van der Waals surface area contributed by atoms with Crippen molar-refractivity contribution in [2.45, 2.75) is 6.54 Å². The van der Waals surface area contributed by atoms with Crippen molar-refractivity contribution >= 4 is 39.2 Å². The number of carboxylic acid groups (broad SMARTS) is 1. The summed E-state index contributed by atoms with van der Waals surface area (Å²) >= 11 is 9.29. The summed E-state index contributed by atoms with van der Waals surface area (Å²) in [6.45, 7) is 0.486. The number of ether oxygens (including phenoxy) is 2. The van der Waals surface area contributed by atoms with Gasteiger partial charge in [-0.25, -0.2) is 4.79 Å². The molecule has 0 saturated heterocycles. The minimum Gasteiger partial charge on any atom is -0.493 e. The van der Waals surface area contributed by atoms with E-state index in [1.165, 1.54) is 6.07 Å². The summed E-state index contributed by atoms with van der Waals surface area (Å²) < 4.78 is 11.3. The lowest BCUT2D eigenvalue weighted by atomic mass is 10.1. The van der Waals surface area contributed by atoms with Crippen molar-refractivity contribution in [1.29, 1.82) is 0 Å². The molecule has 2 rings (SSSR count). The Labute approximate surface area is 147 Å². The van der Waals surface area contributed by atoms with Crippen LogP contribution in [-0.4, -0.2) is 25.3 Å². The summed E-state index contributed by atoms with van der Waals surface area (Å²) in [6, 6.07) is 8.54. The molecule has 2 aromatic rings. The molecule has 0 aliphatic rings. The first-order valence-corrected chi connectivity index (χ1v) is 7.80. The molecular formula is C16H15BrClNO4.